The summed E-state index contributed by atoms with van der Waals surface area (Å²) < 4.78 is 5.60. The van der Waals surface area contributed by atoms with Crippen molar-refractivity contribution in [3.63, 3.8) is 0 Å². The third-order valence-electron chi connectivity index (χ3n) is 5.71. The molecule has 0 saturated carbocycles. The number of aliphatic hydroxyl groups is 1. The summed E-state index contributed by atoms with van der Waals surface area (Å²) in [5.41, 5.74) is 1.32. The van der Waals surface area contributed by atoms with E-state index in [0.29, 0.717) is 6.61 Å². The van der Waals surface area contributed by atoms with E-state index in [1.54, 1.807) is 0 Å². The van der Waals surface area contributed by atoms with E-state index >= 15 is 0 Å². The first kappa shape index (κ1) is 19.9. The summed E-state index contributed by atoms with van der Waals surface area (Å²) in [5.74, 6) is 0.908. The second-order valence-electron chi connectivity index (χ2n) is 7.60. The second-order valence-corrected chi connectivity index (χ2v) is 7.60. The Labute approximate surface area is 164 Å². The maximum atomic E-state index is 12.0. The number of benzene rings is 2. The molecule has 27 heavy (non-hydrogen) atoms. The molecule has 0 unspecified atom stereocenters. The van der Waals surface area contributed by atoms with Crippen LogP contribution in [0.15, 0.2) is 54.6 Å². The molecule has 3 nitrogen and oxygen atoms in total. The molecule has 2 atom stereocenters. The predicted octanol–water partition coefficient (Wildman–Crippen LogP) is 4.95. The maximum absolute atomic E-state index is 12.0. The van der Waals surface area contributed by atoms with Crippen LogP contribution in [0, 0.1) is 0 Å². The summed E-state index contributed by atoms with van der Waals surface area (Å²) in [6, 6.07) is 18.6. The average Bonchev–Trinajstić information content (AvgIpc) is 3.21. The third kappa shape index (κ3) is 4.72. The summed E-state index contributed by atoms with van der Waals surface area (Å²) in [4.78, 5) is 2.51. The Morgan fingerprint density at radius 2 is 1.67 bits per heavy atom. The fraction of sp³-hybridized carbons (Fsp3) is 0.500. The minimum Gasteiger partial charge on any atom is -0.494 e. The standard InChI is InChI=1S/C24H33NO2/c1-3-16-24(26,21-12-14-22(15-13-21)27-4-2)23(19-25-17-8-9-18-25)20-10-6-5-7-11-20/h5-7,10-15,23,26H,3-4,8-9,16-19H2,1-2H3/t23-,24+/m0/s1. The van der Waals surface area contributed by atoms with Crippen LogP contribution in [-0.2, 0) is 5.60 Å². The molecule has 1 aliphatic rings. The van der Waals surface area contributed by atoms with Crippen molar-refractivity contribution in [2.45, 2.75) is 51.0 Å². The topological polar surface area (TPSA) is 32.7 Å². The van der Waals surface area contributed by atoms with Crippen molar-refractivity contribution >= 4 is 0 Å². The zero-order valence-electron chi connectivity index (χ0n) is 16.7. The molecule has 1 saturated heterocycles. The highest BCUT2D eigenvalue weighted by atomic mass is 16.5. The molecule has 0 spiro atoms. The molecule has 146 valence electrons. The highest BCUT2D eigenvalue weighted by Gasteiger charge is 2.39. The van der Waals surface area contributed by atoms with Gasteiger partial charge in [0.1, 0.15) is 5.75 Å². The fourth-order valence-corrected chi connectivity index (χ4v) is 4.35. The van der Waals surface area contributed by atoms with Gasteiger partial charge in [0.2, 0.25) is 0 Å². The van der Waals surface area contributed by atoms with E-state index in [9.17, 15) is 5.11 Å². The molecule has 3 heteroatoms. The van der Waals surface area contributed by atoms with Gasteiger partial charge in [-0.1, -0.05) is 55.8 Å². The summed E-state index contributed by atoms with van der Waals surface area (Å²) in [6.07, 6.45) is 4.20. The smallest absolute Gasteiger partial charge is 0.119 e. The first-order chi connectivity index (χ1) is 13.2. The van der Waals surface area contributed by atoms with E-state index in [2.05, 4.69) is 36.1 Å². The lowest BCUT2D eigenvalue weighted by Crippen LogP contribution is -2.40. The van der Waals surface area contributed by atoms with Crippen LogP contribution in [0.25, 0.3) is 0 Å². The molecule has 2 aromatic carbocycles. The van der Waals surface area contributed by atoms with Crippen LogP contribution in [0.2, 0.25) is 0 Å². The van der Waals surface area contributed by atoms with E-state index in [4.69, 9.17) is 4.74 Å². The molecule has 0 amide bonds. The molecular formula is C24H33NO2. The van der Waals surface area contributed by atoms with Crippen molar-refractivity contribution in [3.05, 3.63) is 65.7 Å². The van der Waals surface area contributed by atoms with Gasteiger partial charge in [0.15, 0.2) is 0 Å². The molecule has 0 radical (unpaired) electrons. The molecule has 0 aromatic heterocycles. The number of hydrogen-bond acceptors (Lipinski definition) is 3. The quantitative estimate of drug-likeness (QED) is 0.680. The van der Waals surface area contributed by atoms with Crippen LogP contribution in [0.3, 0.4) is 0 Å². The van der Waals surface area contributed by atoms with Gasteiger partial charge in [-0.3, -0.25) is 0 Å². The molecule has 1 aliphatic heterocycles. The molecule has 0 aliphatic carbocycles. The van der Waals surface area contributed by atoms with Crippen LogP contribution < -0.4 is 4.74 Å². The molecular weight excluding hydrogens is 334 g/mol. The van der Waals surface area contributed by atoms with Crippen molar-refractivity contribution in [1.29, 1.82) is 0 Å². The molecule has 0 bridgehead atoms. The predicted molar refractivity (Wildman–Crippen MR) is 111 cm³/mol. The largest absolute Gasteiger partial charge is 0.494 e. The Morgan fingerprint density at radius 3 is 2.26 bits per heavy atom. The lowest BCUT2D eigenvalue weighted by Gasteiger charge is -2.39. The molecule has 1 heterocycles. The summed E-state index contributed by atoms with van der Waals surface area (Å²) >= 11 is 0. The van der Waals surface area contributed by atoms with Crippen LogP contribution in [0.5, 0.6) is 5.75 Å². The van der Waals surface area contributed by atoms with Gasteiger partial charge in [-0.15, -0.1) is 0 Å². The Balaban J connectivity index is 1.97. The van der Waals surface area contributed by atoms with E-state index in [1.165, 1.54) is 18.4 Å². The third-order valence-corrected chi connectivity index (χ3v) is 5.71. The van der Waals surface area contributed by atoms with Gasteiger partial charge < -0.3 is 14.7 Å². The van der Waals surface area contributed by atoms with Crippen molar-refractivity contribution in [2.75, 3.05) is 26.2 Å². The van der Waals surface area contributed by atoms with Gasteiger partial charge in [-0.05, 0) is 62.5 Å². The van der Waals surface area contributed by atoms with Crippen LogP contribution in [-0.4, -0.2) is 36.2 Å². The number of rotatable bonds is 9. The molecule has 3 rings (SSSR count). The van der Waals surface area contributed by atoms with Crippen LogP contribution >= 0.6 is 0 Å². The zero-order valence-corrected chi connectivity index (χ0v) is 16.7. The van der Waals surface area contributed by atoms with Crippen LogP contribution in [0.4, 0.5) is 0 Å². The lowest BCUT2D eigenvalue weighted by molar-refractivity contribution is -0.0117. The maximum Gasteiger partial charge on any atom is 0.119 e. The SMILES string of the molecule is CCC[C@@](O)(c1ccc(OCC)cc1)[C@@H](CN1CCCC1)c1ccccc1. The number of ether oxygens (including phenoxy) is 1. The summed E-state index contributed by atoms with van der Waals surface area (Å²) in [7, 11) is 0. The van der Waals surface area contributed by atoms with Gasteiger partial charge in [-0.2, -0.15) is 0 Å². The molecule has 2 aromatic rings. The van der Waals surface area contributed by atoms with Crippen molar-refractivity contribution < 1.29 is 9.84 Å². The fourth-order valence-electron chi connectivity index (χ4n) is 4.35. The Hall–Kier alpha value is -1.84. The lowest BCUT2D eigenvalue weighted by atomic mass is 9.74. The highest BCUT2D eigenvalue weighted by molar-refractivity contribution is 5.35. The van der Waals surface area contributed by atoms with Crippen molar-refractivity contribution in [1.82, 2.24) is 4.90 Å². The Morgan fingerprint density at radius 1 is 1.00 bits per heavy atom. The van der Waals surface area contributed by atoms with Gasteiger partial charge in [0.25, 0.3) is 0 Å². The highest BCUT2D eigenvalue weighted by Crippen LogP contribution is 2.42. The molecule has 1 N–H and O–H groups in total. The van der Waals surface area contributed by atoms with Crippen molar-refractivity contribution in [2.24, 2.45) is 0 Å². The summed E-state index contributed by atoms with van der Waals surface area (Å²) in [6.45, 7) is 7.96. The van der Waals surface area contributed by atoms with E-state index in [1.807, 2.05) is 37.3 Å². The van der Waals surface area contributed by atoms with E-state index < -0.39 is 5.60 Å². The van der Waals surface area contributed by atoms with Crippen LogP contribution in [0.1, 0.15) is 56.6 Å². The average molecular weight is 368 g/mol. The zero-order chi connectivity index (χ0) is 19.1. The number of hydrogen-bond donors (Lipinski definition) is 1. The van der Waals surface area contributed by atoms with Gasteiger partial charge in [0, 0.05) is 12.5 Å². The first-order valence-electron chi connectivity index (χ1n) is 10.4. The van der Waals surface area contributed by atoms with Gasteiger partial charge >= 0.3 is 0 Å². The van der Waals surface area contributed by atoms with E-state index in [-0.39, 0.29) is 5.92 Å². The minimum atomic E-state index is -0.885. The van der Waals surface area contributed by atoms with Crippen molar-refractivity contribution in [3.8, 4) is 5.75 Å². The molecule has 1 fully saturated rings. The Bertz CT molecular complexity index is 679. The summed E-state index contributed by atoms with van der Waals surface area (Å²) in [5, 5.41) is 12.0. The van der Waals surface area contributed by atoms with Gasteiger partial charge in [0.05, 0.1) is 12.2 Å². The normalized spacial score (nSPS) is 18.2. The minimum absolute atomic E-state index is 0.0506. The number of likely N-dealkylation sites (tertiary alicyclic amines) is 1. The monoisotopic (exact) mass is 367 g/mol. The van der Waals surface area contributed by atoms with Gasteiger partial charge in [-0.25, -0.2) is 0 Å². The second kappa shape index (κ2) is 9.38. The van der Waals surface area contributed by atoms with E-state index in [0.717, 1.165) is 43.8 Å². The number of nitrogens with zero attached hydrogens (tertiary/aromatic N) is 1. The Kier molecular flexibility index (Phi) is 6.92. The first-order valence-corrected chi connectivity index (χ1v) is 10.4.